The van der Waals surface area contributed by atoms with Crippen LogP contribution in [0.3, 0.4) is 0 Å². The van der Waals surface area contributed by atoms with Gasteiger partial charge in [-0.2, -0.15) is 0 Å². The van der Waals surface area contributed by atoms with Crippen molar-refractivity contribution < 1.29 is 23.4 Å². The fourth-order valence-electron chi connectivity index (χ4n) is 4.41. The molecule has 2 aromatic heterocycles. The largest absolute Gasteiger partial charge is 0.497 e. The fourth-order valence-corrected chi connectivity index (χ4v) is 4.41. The van der Waals surface area contributed by atoms with E-state index in [9.17, 15) is 14.4 Å². The van der Waals surface area contributed by atoms with E-state index in [-0.39, 0.29) is 31.0 Å². The van der Waals surface area contributed by atoms with E-state index in [1.54, 1.807) is 73.8 Å². The Morgan fingerprint density at radius 1 is 0.973 bits per heavy atom. The molecule has 1 aliphatic heterocycles. The monoisotopic (exact) mass is 499 g/mol. The van der Waals surface area contributed by atoms with Crippen molar-refractivity contribution in [2.24, 2.45) is 0 Å². The molecule has 1 aliphatic rings. The van der Waals surface area contributed by atoms with Gasteiger partial charge in [-0.1, -0.05) is 24.3 Å². The van der Waals surface area contributed by atoms with Crippen molar-refractivity contribution in [1.29, 1.82) is 0 Å². The first kappa shape index (κ1) is 22.5. The van der Waals surface area contributed by atoms with Crippen molar-refractivity contribution in [2.45, 2.75) is 13.1 Å². The Morgan fingerprint density at radius 2 is 1.76 bits per heavy atom. The molecule has 186 valence electrons. The first-order valence-corrected chi connectivity index (χ1v) is 11.5. The molecule has 5 aromatic rings. The lowest BCUT2D eigenvalue weighted by atomic mass is 10.2. The van der Waals surface area contributed by atoms with E-state index in [2.05, 4.69) is 5.32 Å². The highest BCUT2D eigenvalue weighted by molar-refractivity contribution is 6.03. The quantitative estimate of drug-likeness (QED) is 0.381. The van der Waals surface area contributed by atoms with Gasteiger partial charge in [0.05, 0.1) is 13.7 Å². The molecule has 0 atom stereocenters. The van der Waals surface area contributed by atoms with Gasteiger partial charge in [-0.15, -0.1) is 0 Å². The zero-order valence-electron chi connectivity index (χ0n) is 19.7. The highest BCUT2D eigenvalue weighted by Crippen LogP contribution is 2.34. The molecule has 10 heteroatoms. The van der Waals surface area contributed by atoms with E-state index in [0.29, 0.717) is 39.5 Å². The van der Waals surface area contributed by atoms with Gasteiger partial charge in [-0.05, 0) is 42.0 Å². The first-order valence-electron chi connectivity index (χ1n) is 11.5. The zero-order chi connectivity index (χ0) is 25.5. The van der Waals surface area contributed by atoms with E-state index in [1.165, 1.54) is 4.57 Å². The molecule has 0 fully saturated rings. The number of amides is 1. The summed E-state index contributed by atoms with van der Waals surface area (Å²) < 4.78 is 24.1. The second kappa shape index (κ2) is 8.90. The second-order valence-corrected chi connectivity index (χ2v) is 8.50. The van der Waals surface area contributed by atoms with Gasteiger partial charge in [0.15, 0.2) is 11.5 Å². The molecule has 0 bridgehead atoms. The Hall–Kier alpha value is -4.99. The first-order chi connectivity index (χ1) is 18.0. The molecule has 1 N–H and O–H groups in total. The Morgan fingerprint density at radius 3 is 2.57 bits per heavy atom. The number of carbonyl (C=O) groups excluding carboxylic acids is 1. The van der Waals surface area contributed by atoms with Crippen LogP contribution in [-0.2, 0) is 17.9 Å². The average Bonchev–Trinajstić information content (AvgIpc) is 3.54. The third kappa shape index (κ3) is 3.98. The molecule has 37 heavy (non-hydrogen) atoms. The van der Waals surface area contributed by atoms with Crippen molar-refractivity contribution in [1.82, 2.24) is 9.13 Å². The van der Waals surface area contributed by atoms with E-state index in [0.717, 1.165) is 4.57 Å². The number of aromatic nitrogens is 2. The zero-order valence-corrected chi connectivity index (χ0v) is 19.7. The number of fused-ring (bicyclic) bond motifs is 4. The number of rotatable bonds is 6. The number of nitrogens with one attached hydrogen (secondary N) is 1. The topological polar surface area (TPSA) is 114 Å². The third-order valence-corrected chi connectivity index (χ3v) is 6.20. The summed E-state index contributed by atoms with van der Waals surface area (Å²) in [5, 5.41) is 3.35. The molecule has 0 saturated carbocycles. The lowest BCUT2D eigenvalue weighted by Gasteiger charge is -2.13. The maximum absolute atomic E-state index is 13.7. The summed E-state index contributed by atoms with van der Waals surface area (Å²) in [6.07, 6.45) is 0. The van der Waals surface area contributed by atoms with Crippen LogP contribution in [0, 0.1) is 0 Å². The summed E-state index contributed by atoms with van der Waals surface area (Å²) in [5.74, 6) is 1.31. The molecule has 10 nitrogen and oxygen atoms in total. The van der Waals surface area contributed by atoms with Crippen molar-refractivity contribution in [3.05, 3.63) is 93.1 Å². The van der Waals surface area contributed by atoms with Crippen LogP contribution in [0.25, 0.3) is 22.1 Å². The molecule has 0 spiro atoms. The van der Waals surface area contributed by atoms with Gasteiger partial charge in [0.2, 0.25) is 18.3 Å². The molecule has 0 aliphatic carbocycles. The number of hydrogen-bond acceptors (Lipinski definition) is 7. The smallest absolute Gasteiger partial charge is 0.332 e. The minimum absolute atomic E-state index is 0.00156. The Kier molecular flexibility index (Phi) is 5.41. The molecular weight excluding hydrogens is 478 g/mol. The van der Waals surface area contributed by atoms with Gasteiger partial charge in [-0.3, -0.25) is 18.7 Å². The molecule has 1 amide bonds. The maximum Gasteiger partial charge on any atom is 0.332 e. The molecule has 3 heterocycles. The lowest BCUT2D eigenvalue weighted by Crippen LogP contribution is -2.41. The number of anilines is 1. The van der Waals surface area contributed by atoms with Crippen LogP contribution < -0.4 is 30.8 Å². The third-order valence-electron chi connectivity index (χ3n) is 6.20. The van der Waals surface area contributed by atoms with E-state index in [4.69, 9.17) is 18.6 Å². The second-order valence-electron chi connectivity index (χ2n) is 8.50. The maximum atomic E-state index is 13.7. The highest BCUT2D eigenvalue weighted by Gasteiger charge is 2.22. The molecule has 0 saturated heterocycles. The van der Waals surface area contributed by atoms with Crippen LogP contribution in [0.2, 0.25) is 0 Å². The predicted octanol–water partition coefficient (Wildman–Crippen LogP) is 3.33. The van der Waals surface area contributed by atoms with Crippen LogP contribution >= 0.6 is 0 Å². The number of nitrogens with zero attached hydrogens (tertiary/aromatic N) is 2. The number of carbonyl (C=O) groups is 1. The van der Waals surface area contributed by atoms with Gasteiger partial charge < -0.3 is 23.9 Å². The number of ether oxygens (including phenoxy) is 3. The minimum Gasteiger partial charge on any atom is -0.497 e. The summed E-state index contributed by atoms with van der Waals surface area (Å²) in [5.41, 5.74) is 0.734. The van der Waals surface area contributed by atoms with Crippen LogP contribution in [-0.4, -0.2) is 28.9 Å². The van der Waals surface area contributed by atoms with E-state index >= 15 is 0 Å². The van der Waals surface area contributed by atoms with Gasteiger partial charge in [-0.25, -0.2) is 4.79 Å². The van der Waals surface area contributed by atoms with Gasteiger partial charge in [0.1, 0.15) is 23.4 Å². The van der Waals surface area contributed by atoms with Gasteiger partial charge >= 0.3 is 5.69 Å². The van der Waals surface area contributed by atoms with Crippen molar-refractivity contribution in [3.63, 3.8) is 0 Å². The fraction of sp³-hybridized carbons (Fsp3) is 0.148. The van der Waals surface area contributed by atoms with Crippen molar-refractivity contribution >= 4 is 33.7 Å². The van der Waals surface area contributed by atoms with Crippen molar-refractivity contribution in [2.75, 3.05) is 19.2 Å². The van der Waals surface area contributed by atoms with Gasteiger partial charge in [0.25, 0.3) is 5.56 Å². The number of methoxy groups -OCH3 is 1. The summed E-state index contributed by atoms with van der Waals surface area (Å²) in [6, 6.07) is 19.1. The molecule has 0 radical (unpaired) electrons. The van der Waals surface area contributed by atoms with E-state index < -0.39 is 17.2 Å². The SMILES string of the molecule is COc1ccc(Cn2c(=O)c3oc4ccccc4c3n(CC(=O)Nc3ccc4c(c3)OCO4)c2=O)cc1. The van der Waals surface area contributed by atoms with Crippen LogP contribution in [0.4, 0.5) is 5.69 Å². The Balaban J connectivity index is 1.43. The number of para-hydroxylation sites is 1. The molecule has 0 unspecified atom stereocenters. The normalized spacial score (nSPS) is 12.2. The predicted molar refractivity (Wildman–Crippen MR) is 136 cm³/mol. The van der Waals surface area contributed by atoms with Gasteiger partial charge in [0, 0.05) is 17.1 Å². The Labute approximate surface area is 209 Å². The Bertz CT molecular complexity index is 1780. The number of hydrogen-bond donors (Lipinski definition) is 1. The van der Waals surface area contributed by atoms with E-state index in [1.807, 2.05) is 0 Å². The van der Waals surface area contributed by atoms with Crippen molar-refractivity contribution in [3.8, 4) is 17.2 Å². The average molecular weight is 499 g/mol. The molecule has 3 aromatic carbocycles. The molecular formula is C27H21N3O7. The van der Waals surface area contributed by atoms with Crippen LogP contribution in [0.15, 0.2) is 80.7 Å². The summed E-state index contributed by atoms with van der Waals surface area (Å²) in [7, 11) is 1.56. The summed E-state index contributed by atoms with van der Waals surface area (Å²) in [6.45, 7) is -0.224. The standard InChI is InChI=1S/C27H21N3O7/c1-34-18-9-6-16(7-10-18)13-30-26(32)25-24(19-4-2-3-5-20(19)37-25)29(27(30)33)14-23(31)28-17-8-11-21-22(12-17)36-15-35-21/h2-12H,13-15H2,1H3,(H,28,31). The summed E-state index contributed by atoms with van der Waals surface area (Å²) in [4.78, 5) is 40.1. The number of furan rings is 1. The lowest BCUT2D eigenvalue weighted by molar-refractivity contribution is -0.116. The highest BCUT2D eigenvalue weighted by atomic mass is 16.7. The summed E-state index contributed by atoms with van der Waals surface area (Å²) >= 11 is 0. The minimum atomic E-state index is -0.624. The number of benzene rings is 3. The van der Waals surface area contributed by atoms with Crippen LogP contribution in [0.5, 0.6) is 17.2 Å². The van der Waals surface area contributed by atoms with Crippen LogP contribution in [0.1, 0.15) is 5.56 Å². The molecule has 6 rings (SSSR count).